The number of fused-ring (bicyclic) bond motifs is 1. The van der Waals surface area contributed by atoms with E-state index in [9.17, 15) is 9.18 Å². The van der Waals surface area contributed by atoms with Crippen LogP contribution in [-0.4, -0.2) is 57.9 Å². The lowest BCUT2D eigenvalue weighted by Gasteiger charge is -2.23. The van der Waals surface area contributed by atoms with E-state index in [1.807, 2.05) is 29.0 Å². The zero-order chi connectivity index (χ0) is 30.6. The van der Waals surface area contributed by atoms with E-state index in [0.29, 0.717) is 5.56 Å². The molecular formula is C36H40FN5O2S. The van der Waals surface area contributed by atoms with Crippen LogP contribution in [0.2, 0.25) is 0 Å². The number of hydrogen-bond acceptors (Lipinski definition) is 6. The fourth-order valence-corrected chi connectivity index (χ4v) is 7.19. The Morgan fingerprint density at radius 1 is 1.02 bits per heavy atom. The van der Waals surface area contributed by atoms with Crippen LogP contribution in [0.1, 0.15) is 85.0 Å². The fourth-order valence-electron chi connectivity index (χ4n) is 6.24. The van der Waals surface area contributed by atoms with Gasteiger partial charge in [-0.3, -0.25) is 9.78 Å². The molecule has 3 fully saturated rings. The second-order valence-electron chi connectivity index (χ2n) is 12.4. The first-order valence-electron chi connectivity index (χ1n) is 16.4. The first-order valence-corrected chi connectivity index (χ1v) is 17.2. The van der Waals surface area contributed by atoms with Gasteiger partial charge in [0.15, 0.2) is 6.23 Å². The highest BCUT2D eigenvalue weighted by Gasteiger charge is 2.26. The molecule has 9 heteroatoms. The van der Waals surface area contributed by atoms with Gasteiger partial charge in [-0.1, -0.05) is 17.8 Å². The number of amides is 1. The topological polar surface area (TPSA) is 72.3 Å². The number of nitrogens with one attached hydrogen (secondary N) is 1. The van der Waals surface area contributed by atoms with Gasteiger partial charge in [-0.15, -0.1) is 0 Å². The molecule has 3 aliphatic rings. The molecule has 1 N–H and O–H groups in total. The number of aromatic nitrogens is 3. The van der Waals surface area contributed by atoms with Gasteiger partial charge in [0.2, 0.25) is 0 Å². The molecule has 0 spiro atoms. The Morgan fingerprint density at radius 3 is 2.73 bits per heavy atom. The molecule has 45 heavy (non-hydrogen) atoms. The quantitative estimate of drug-likeness (QED) is 0.186. The minimum absolute atomic E-state index is 0.133. The summed E-state index contributed by atoms with van der Waals surface area (Å²) in [6.45, 7) is 4.32. The van der Waals surface area contributed by atoms with Crippen LogP contribution in [-0.2, 0) is 11.2 Å². The van der Waals surface area contributed by atoms with Crippen molar-refractivity contribution in [2.45, 2.75) is 79.8 Å². The van der Waals surface area contributed by atoms with Gasteiger partial charge in [0.05, 0.1) is 22.5 Å². The maximum absolute atomic E-state index is 14.2. The third-order valence-corrected chi connectivity index (χ3v) is 9.87. The van der Waals surface area contributed by atoms with Gasteiger partial charge >= 0.3 is 0 Å². The normalized spacial score (nSPS) is 19.1. The van der Waals surface area contributed by atoms with Gasteiger partial charge in [-0.2, -0.15) is 5.10 Å². The highest BCUT2D eigenvalue weighted by atomic mass is 32.2. The summed E-state index contributed by atoms with van der Waals surface area (Å²) < 4.78 is 22.3. The number of benzene rings is 2. The smallest absolute Gasteiger partial charge is 0.252 e. The first-order chi connectivity index (χ1) is 22.1. The molecule has 1 atom stereocenters. The summed E-state index contributed by atoms with van der Waals surface area (Å²) in [6, 6.07) is 17.1. The Kier molecular flexibility index (Phi) is 9.28. The van der Waals surface area contributed by atoms with Gasteiger partial charge in [-0.05, 0) is 138 Å². The summed E-state index contributed by atoms with van der Waals surface area (Å²) in [5, 5.41) is 9.06. The van der Waals surface area contributed by atoms with E-state index < -0.39 is 5.82 Å². The van der Waals surface area contributed by atoms with E-state index >= 15 is 0 Å². The molecule has 2 aromatic heterocycles. The number of rotatable bonds is 11. The van der Waals surface area contributed by atoms with Crippen LogP contribution >= 0.6 is 11.8 Å². The van der Waals surface area contributed by atoms with Gasteiger partial charge < -0.3 is 15.0 Å². The predicted molar refractivity (Wildman–Crippen MR) is 177 cm³/mol. The summed E-state index contributed by atoms with van der Waals surface area (Å²) in [4.78, 5) is 22.1. The minimum atomic E-state index is -0.415. The molecule has 1 unspecified atom stereocenters. The number of aryl methyl sites for hydroxylation is 1. The lowest BCUT2D eigenvalue weighted by Crippen LogP contribution is -2.26. The van der Waals surface area contributed by atoms with E-state index in [-0.39, 0.29) is 18.2 Å². The van der Waals surface area contributed by atoms with Crippen LogP contribution in [0.4, 0.5) is 4.39 Å². The summed E-state index contributed by atoms with van der Waals surface area (Å²) in [5.74, 6) is -0.639. The van der Waals surface area contributed by atoms with Crippen molar-refractivity contribution in [1.82, 2.24) is 25.0 Å². The van der Waals surface area contributed by atoms with Crippen LogP contribution in [0.5, 0.6) is 0 Å². The molecule has 4 heterocycles. The van der Waals surface area contributed by atoms with Crippen molar-refractivity contribution >= 4 is 40.7 Å². The maximum Gasteiger partial charge on any atom is 0.252 e. The lowest BCUT2D eigenvalue weighted by molar-refractivity contribution is -0.0367. The van der Waals surface area contributed by atoms with Crippen LogP contribution in [0, 0.1) is 5.82 Å². The van der Waals surface area contributed by atoms with Crippen molar-refractivity contribution in [3.05, 3.63) is 83.1 Å². The SMILES string of the molecule is O=C(NC1CC1)c1cc(F)ccc1Sc1ccc2c(/C=C/c3cccc(CCCN4CCCC4)n3)nn(C3CCCCO3)c2c1. The van der Waals surface area contributed by atoms with E-state index in [1.54, 1.807) is 6.07 Å². The van der Waals surface area contributed by atoms with Crippen molar-refractivity contribution in [3.63, 3.8) is 0 Å². The van der Waals surface area contributed by atoms with Crippen LogP contribution < -0.4 is 5.32 Å². The van der Waals surface area contributed by atoms with Crippen molar-refractivity contribution in [1.29, 1.82) is 0 Å². The monoisotopic (exact) mass is 625 g/mol. The Balaban J connectivity index is 1.14. The Labute approximate surface area is 268 Å². The molecule has 2 saturated heterocycles. The number of ether oxygens (including phenoxy) is 1. The Bertz CT molecular complexity index is 1690. The first kappa shape index (κ1) is 30.1. The van der Waals surface area contributed by atoms with E-state index in [4.69, 9.17) is 14.8 Å². The van der Waals surface area contributed by atoms with Gasteiger partial charge in [0.1, 0.15) is 5.82 Å². The number of halogens is 1. The van der Waals surface area contributed by atoms with Crippen molar-refractivity contribution in [2.24, 2.45) is 0 Å². The molecule has 1 saturated carbocycles. The molecule has 7 nitrogen and oxygen atoms in total. The van der Waals surface area contributed by atoms with E-state index in [1.165, 1.54) is 49.8 Å². The number of hydrogen-bond donors (Lipinski definition) is 1. The predicted octanol–water partition coefficient (Wildman–Crippen LogP) is 7.51. The molecule has 7 rings (SSSR count). The summed E-state index contributed by atoms with van der Waals surface area (Å²) in [5.41, 5.74) is 4.25. The van der Waals surface area contributed by atoms with E-state index in [0.717, 1.165) is 95.9 Å². The minimum Gasteiger partial charge on any atom is -0.356 e. The average Bonchev–Trinajstić information content (AvgIpc) is 3.57. The third kappa shape index (κ3) is 7.48. The van der Waals surface area contributed by atoms with Crippen LogP contribution in [0.25, 0.3) is 23.1 Å². The molecule has 2 aliphatic heterocycles. The number of nitrogens with zero attached hydrogens (tertiary/aromatic N) is 4. The molecular weight excluding hydrogens is 585 g/mol. The molecule has 1 aliphatic carbocycles. The summed E-state index contributed by atoms with van der Waals surface area (Å²) >= 11 is 1.46. The number of carbonyl (C=O) groups excluding carboxylic acids is 1. The second kappa shape index (κ2) is 13.8. The number of likely N-dealkylation sites (tertiary alicyclic amines) is 1. The van der Waals surface area contributed by atoms with Crippen molar-refractivity contribution in [3.8, 4) is 0 Å². The standard InChI is InChI=1S/C36H40FN5O2S/c37-25-11-18-34(31(23-25)36(43)39-28-12-13-28)45-29-15-16-30-32(40-42(33(30)24-29)35-10-1-4-22-44-35)17-14-27-8-5-7-26(38-27)9-6-21-41-19-2-3-20-41/h5,7-8,11,14-18,23-24,28,35H,1-4,6,9-10,12-13,19-22H2,(H,39,43)/b17-14+. The highest BCUT2D eigenvalue weighted by Crippen LogP contribution is 2.36. The lowest BCUT2D eigenvalue weighted by atomic mass is 10.1. The molecule has 234 valence electrons. The third-order valence-electron chi connectivity index (χ3n) is 8.81. The second-order valence-corrected chi connectivity index (χ2v) is 13.5. The molecule has 4 aromatic rings. The molecule has 1 amide bonds. The van der Waals surface area contributed by atoms with Crippen molar-refractivity contribution < 1.29 is 13.9 Å². The van der Waals surface area contributed by atoms with Gasteiger partial charge in [0.25, 0.3) is 5.91 Å². The Morgan fingerprint density at radius 2 is 1.91 bits per heavy atom. The van der Waals surface area contributed by atoms with Crippen molar-refractivity contribution in [2.75, 3.05) is 26.2 Å². The van der Waals surface area contributed by atoms with E-state index in [2.05, 4.69) is 34.5 Å². The molecule has 0 bridgehead atoms. The largest absolute Gasteiger partial charge is 0.356 e. The van der Waals surface area contributed by atoms with Gasteiger partial charge in [-0.25, -0.2) is 9.07 Å². The zero-order valence-electron chi connectivity index (χ0n) is 25.6. The number of carbonyl (C=O) groups is 1. The van der Waals surface area contributed by atoms with Gasteiger partial charge in [0, 0.05) is 33.5 Å². The number of pyridine rings is 1. The average molecular weight is 626 g/mol. The van der Waals surface area contributed by atoms with Crippen LogP contribution in [0.15, 0.2) is 64.4 Å². The molecule has 0 radical (unpaired) electrons. The zero-order valence-corrected chi connectivity index (χ0v) is 26.4. The summed E-state index contributed by atoms with van der Waals surface area (Å²) in [6.07, 6.45) is 13.7. The fraction of sp³-hybridized carbons (Fsp3) is 0.417. The summed E-state index contributed by atoms with van der Waals surface area (Å²) in [7, 11) is 0. The highest BCUT2D eigenvalue weighted by molar-refractivity contribution is 7.99. The molecule has 2 aromatic carbocycles. The Hall–Kier alpha value is -3.53. The van der Waals surface area contributed by atoms with Crippen LogP contribution in [0.3, 0.4) is 0 Å². The maximum atomic E-state index is 14.2.